The van der Waals surface area contributed by atoms with Crippen LogP contribution in [0.25, 0.3) is 31.3 Å². The minimum Gasteiger partial charge on any atom is -0.335 e. The molecule has 7 aromatic carbocycles. The van der Waals surface area contributed by atoms with Gasteiger partial charge in [-0.05, 0) is 159 Å². The fraction of sp³-hybridized carbons (Fsp3) is 0.432. The maximum absolute atomic E-state index is 10.4. The van der Waals surface area contributed by atoms with Gasteiger partial charge in [-0.25, -0.2) is 0 Å². The van der Waals surface area contributed by atoms with Crippen LogP contribution in [0.3, 0.4) is 0 Å². The number of rotatable bonds is 3. The van der Waals surface area contributed by atoms with Crippen LogP contribution >= 0.6 is 11.3 Å². The lowest BCUT2D eigenvalue weighted by molar-refractivity contribution is 0.194. The molecular weight excluding hydrogens is 974 g/mol. The molecule has 0 N–H and O–H groups in total. The van der Waals surface area contributed by atoms with Gasteiger partial charge in [-0.2, -0.15) is 0 Å². The monoisotopic (exact) mass is 1060 g/mol. The van der Waals surface area contributed by atoms with E-state index in [0.717, 1.165) is 61.2 Å². The van der Waals surface area contributed by atoms with E-state index >= 15 is 0 Å². The van der Waals surface area contributed by atoms with Crippen LogP contribution < -0.4 is 31.1 Å². The van der Waals surface area contributed by atoms with E-state index in [1.54, 1.807) is 0 Å². The Morgan fingerprint density at radius 1 is 0.494 bits per heavy atom. The van der Waals surface area contributed by atoms with Gasteiger partial charge in [0.05, 0.1) is 31.3 Å². The van der Waals surface area contributed by atoms with Crippen molar-refractivity contribution < 1.29 is 4.11 Å². The first kappa shape index (κ1) is 48.0. The third kappa shape index (κ3) is 6.96. The predicted molar refractivity (Wildman–Crippen MR) is 345 cm³/mol. The zero-order valence-electron chi connectivity index (χ0n) is 53.3. The zero-order chi connectivity index (χ0) is 58.1. The van der Waals surface area contributed by atoms with Crippen molar-refractivity contribution in [2.24, 2.45) is 0 Å². The van der Waals surface area contributed by atoms with Gasteiger partial charge in [0.15, 0.2) is 0 Å². The zero-order valence-corrected chi connectivity index (χ0v) is 51.1. The number of nitrogens with zero attached hydrogens (tertiary/aromatic N) is 3. The van der Waals surface area contributed by atoms with Gasteiger partial charge < -0.3 is 14.7 Å². The summed E-state index contributed by atoms with van der Waals surface area (Å²) in [4.78, 5) is 8.16. The van der Waals surface area contributed by atoms with Crippen LogP contribution in [0.1, 0.15) is 200 Å². The molecule has 8 aromatic rings. The average Bonchev–Trinajstić information content (AvgIpc) is 1.46. The maximum atomic E-state index is 10.4. The summed E-state index contributed by atoms with van der Waals surface area (Å²) in [5, 5.41) is 2.60. The molecule has 4 unspecified atom stereocenters. The van der Waals surface area contributed by atoms with Crippen molar-refractivity contribution in [3.8, 4) is 11.1 Å². The van der Waals surface area contributed by atoms with E-state index in [4.69, 9.17) is 0 Å². The summed E-state index contributed by atoms with van der Waals surface area (Å²) in [6, 6.07) is 41.9. The molecule has 4 atom stereocenters. The first-order valence-electron chi connectivity index (χ1n) is 31.6. The summed E-state index contributed by atoms with van der Waals surface area (Å²) < 4.78 is 33.3. The number of thiophene rings is 1. The van der Waals surface area contributed by atoms with E-state index in [1.165, 1.54) is 106 Å². The number of fused-ring (bicyclic) bond motifs is 14. The summed E-state index contributed by atoms with van der Waals surface area (Å²) in [7, 11) is 0. The molecule has 2 aliphatic carbocycles. The molecule has 6 aliphatic rings. The van der Waals surface area contributed by atoms with Gasteiger partial charge in [-0.1, -0.05) is 201 Å². The number of hydrogen-bond donors (Lipinski definition) is 0. The van der Waals surface area contributed by atoms with E-state index in [2.05, 4.69) is 229 Å². The molecule has 3 nitrogen and oxygen atoms in total. The largest absolute Gasteiger partial charge is 0.335 e. The second-order valence-corrected chi connectivity index (χ2v) is 31.2. The second-order valence-electron chi connectivity index (χ2n) is 30.2. The Hall–Kier alpha value is -5.78. The molecule has 404 valence electrons. The molecule has 0 amide bonds. The molecule has 0 bridgehead atoms. The van der Waals surface area contributed by atoms with Crippen molar-refractivity contribution in [1.29, 1.82) is 0 Å². The van der Waals surface area contributed by atoms with Crippen LogP contribution in [0.4, 0.5) is 39.8 Å². The molecule has 0 spiro atoms. The van der Waals surface area contributed by atoms with Crippen molar-refractivity contribution in [2.45, 2.75) is 206 Å². The quantitative estimate of drug-likeness (QED) is 0.163. The van der Waals surface area contributed by atoms with Gasteiger partial charge in [-0.15, -0.1) is 11.3 Å². The van der Waals surface area contributed by atoms with Crippen molar-refractivity contribution >= 4 is 94.4 Å². The molecule has 5 heterocycles. The highest BCUT2D eigenvalue weighted by Gasteiger charge is 2.63. The molecule has 4 aliphatic heterocycles. The highest BCUT2D eigenvalue weighted by Crippen LogP contribution is 2.66. The normalized spacial score (nSPS) is 24.7. The summed E-state index contributed by atoms with van der Waals surface area (Å²) in [6.45, 7) is 37.6. The Labute approximate surface area is 482 Å². The lowest BCUT2D eigenvalue weighted by Crippen LogP contribution is -2.64. The van der Waals surface area contributed by atoms with Crippen LogP contribution in [0.15, 0.2) is 121 Å². The molecule has 0 radical (unpaired) electrons. The van der Waals surface area contributed by atoms with Gasteiger partial charge in [0.25, 0.3) is 6.71 Å². The lowest BCUT2D eigenvalue weighted by atomic mass is 9.33. The van der Waals surface area contributed by atoms with E-state index in [-0.39, 0.29) is 46.0 Å². The van der Waals surface area contributed by atoms with Crippen LogP contribution in [-0.2, 0) is 32.5 Å². The van der Waals surface area contributed by atoms with Crippen LogP contribution in [0.2, 0.25) is 0 Å². The third-order valence-electron chi connectivity index (χ3n) is 21.4. The summed E-state index contributed by atoms with van der Waals surface area (Å²) >= 11 is 1.95. The van der Waals surface area contributed by atoms with Crippen LogP contribution in [-0.4, -0.2) is 17.8 Å². The highest BCUT2D eigenvalue weighted by molar-refractivity contribution is 7.26. The van der Waals surface area contributed by atoms with E-state index in [1.807, 2.05) is 11.3 Å². The lowest BCUT2D eigenvalue weighted by Gasteiger charge is -2.54. The molecule has 2 saturated carbocycles. The number of anilines is 7. The summed E-state index contributed by atoms with van der Waals surface area (Å²) in [5.74, 6) is 0. The van der Waals surface area contributed by atoms with Gasteiger partial charge in [0, 0.05) is 60.3 Å². The van der Waals surface area contributed by atoms with Gasteiger partial charge >= 0.3 is 0 Å². The summed E-state index contributed by atoms with van der Waals surface area (Å²) in [6.07, 6.45) is 8.56. The Kier molecular flexibility index (Phi) is 9.99. The topological polar surface area (TPSA) is 9.72 Å². The first-order valence-corrected chi connectivity index (χ1v) is 30.9. The van der Waals surface area contributed by atoms with Gasteiger partial charge in [-0.3, -0.25) is 0 Å². The fourth-order valence-corrected chi connectivity index (χ4v) is 17.4. The maximum Gasteiger partial charge on any atom is 0.252 e. The van der Waals surface area contributed by atoms with Gasteiger partial charge in [0.1, 0.15) is 0 Å². The Morgan fingerprint density at radius 2 is 1.10 bits per heavy atom. The Bertz CT molecular complexity index is 4070. The minimum atomic E-state index is -0.486. The molecule has 5 heteroatoms. The second kappa shape index (κ2) is 16.5. The van der Waals surface area contributed by atoms with Gasteiger partial charge in [0.2, 0.25) is 0 Å². The molecule has 14 rings (SSSR count). The van der Waals surface area contributed by atoms with Crippen LogP contribution in [0, 0.1) is 0 Å². The molecular formula is C74H84BN3S. The minimum absolute atomic E-state index is 0.0153. The van der Waals surface area contributed by atoms with E-state index in [0.29, 0.717) is 11.6 Å². The highest BCUT2D eigenvalue weighted by atomic mass is 32.1. The first-order chi connectivity index (χ1) is 38.4. The Balaban J connectivity index is 1.19. The van der Waals surface area contributed by atoms with Crippen molar-refractivity contribution in [3.63, 3.8) is 0 Å². The molecule has 1 aromatic heterocycles. The standard InChI is InChI=1S/C74H84BN3S/c1-67(2,3)46-26-31-58(52(38-46)45-24-18-17-19-25-45)76-60-43-50(77-59-32-27-48(69(7,8)9)40-54(59)71(13)34-20-22-36-73(71,77)15)44-61-63(60)75(56-30-29-51-53-39-47(68(4,5)6)28-33-62(53)79-66(51)65(56)76)57-42-49(70(10,11)12)41-55-64(57)78(61)74(16)37-23-21-35-72(55,74)14/h17-19,24-33,38-44H,20-23,34-37H2,1-16H3/i27D,32D,40D. The average molecular weight is 1060 g/mol. The molecule has 0 saturated heterocycles. The number of hydrogen-bond acceptors (Lipinski definition) is 4. The van der Waals surface area contributed by atoms with Crippen molar-refractivity contribution in [3.05, 3.63) is 155 Å². The Morgan fingerprint density at radius 3 is 1.77 bits per heavy atom. The van der Waals surface area contributed by atoms with E-state index < -0.39 is 16.4 Å². The van der Waals surface area contributed by atoms with Crippen LogP contribution in [0.5, 0.6) is 0 Å². The molecule has 2 fully saturated rings. The van der Waals surface area contributed by atoms with E-state index in [9.17, 15) is 4.11 Å². The molecule has 79 heavy (non-hydrogen) atoms. The fourth-order valence-electron chi connectivity index (χ4n) is 16.2. The van der Waals surface area contributed by atoms with Crippen molar-refractivity contribution in [1.82, 2.24) is 0 Å². The third-order valence-corrected chi connectivity index (χ3v) is 22.6. The predicted octanol–water partition coefficient (Wildman–Crippen LogP) is 19.0. The number of benzene rings is 7. The SMILES string of the molecule is [2H]c1c([2H])c(C(C)(C)C)c([2H])c2c1N(c1cc3c4c(c1)N1c5c(cc(C(C)(C)C)cc5C5(C)CCCCC15C)B4c1ccc4c(sc5ccc(C(C)(C)C)cc54)c1N3c1ccc(C(C)(C)C)cc1-c1ccccc1)C1(C)CCCCC21C. The van der Waals surface area contributed by atoms with Crippen molar-refractivity contribution in [2.75, 3.05) is 14.7 Å². The summed E-state index contributed by atoms with van der Waals surface area (Å²) in [5.41, 5.74) is 19.8. The smallest absolute Gasteiger partial charge is 0.252 e.